The normalized spacial score (nSPS) is 6.15. The van der Waals surface area contributed by atoms with E-state index in [1.807, 2.05) is 60.7 Å². The number of hydrogen-bond acceptors (Lipinski definition) is 0. The van der Waals surface area contributed by atoms with Crippen LogP contribution in [0.2, 0.25) is 0 Å². The van der Waals surface area contributed by atoms with Crippen LogP contribution in [0.5, 0.6) is 0 Å². The average molecular weight is 296 g/mol. The van der Waals surface area contributed by atoms with Crippen molar-refractivity contribution < 1.29 is 22.4 Å². The van der Waals surface area contributed by atoms with Crippen molar-refractivity contribution in [2.24, 2.45) is 0 Å². The maximum atomic E-state index is 2.00. The van der Waals surface area contributed by atoms with Crippen LogP contribution in [0.15, 0.2) is 60.7 Å². The Morgan fingerprint density at radius 2 is 0.923 bits per heavy atom. The molecule has 0 aliphatic heterocycles. The molecule has 13 heavy (non-hydrogen) atoms. The number of hydrogen-bond donors (Lipinski definition) is 0. The zero-order valence-electron chi connectivity index (χ0n) is 7.04. The Kier molecular flexibility index (Phi) is 21.0. The summed E-state index contributed by atoms with van der Waals surface area (Å²) in [5.41, 5.74) is 0. The molecule has 0 spiro atoms. The summed E-state index contributed by atoms with van der Waals surface area (Å²) in [6, 6.07) is 20.0. The fourth-order valence-electron chi connectivity index (χ4n) is 0.642. The molecule has 0 aromatic heterocycles. The number of halogens is 2. The molecule has 0 aliphatic carbocycles. The van der Waals surface area contributed by atoms with E-state index in [2.05, 4.69) is 0 Å². The van der Waals surface area contributed by atoms with E-state index in [9.17, 15) is 0 Å². The Labute approximate surface area is 107 Å². The zero-order valence-corrected chi connectivity index (χ0v) is 10.9. The van der Waals surface area contributed by atoms with Crippen LogP contribution in [0.3, 0.4) is 0 Å². The molecule has 0 aliphatic rings. The predicted molar refractivity (Wildman–Crippen MR) is 58.6 cm³/mol. The summed E-state index contributed by atoms with van der Waals surface area (Å²) in [6.45, 7) is 0. The van der Waals surface area contributed by atoms with Crippen LogP contribution in [0.4, 0.5) is 0 Å². The largest absolute Gasteiger partial charge is 0.748 e. The van der Waals surface area contributed by atoms with E-state index < -0.39 is 0 Å². The summed E-state index contributed by atoms with van der Waals surface area (Å²) < 4.78 is 0. The second-order valence-corrected chi connectivity index (χ2v) is 1.92. The Balaban J connectivity index is -0.000000125. The summed E-state index contributed by atoms with van der Waals surface area (Å²) in [4.78, 5) is 0. The first kappa shape index (κ1) is 18.7. The molecule has 0 bridgehead atoms. The Hall–Kier alpha value is 0.0203. The third-order valence-electron chi connectivity index (χ3n) is 1.11. The molecule has 0 saturated carbocycles. The van der Waals surface area contributed by atoms with Crippen molar-refractivity contribution in [1.82, 2.24) is 0 Å². The maximum Gasteiger partial charge on any atom is 0 e. The first-order chi connectivity index (χ1) is 5.00. The SMILES string of the molecule is Cl.Cl.[Nb].[cH-]1[cH-][cH-][cH-][cH-]1.c1cc[cH-]c1. The van der Waals surface area contributed by atoms with Gasteiger partial charge in [-0.25, -0.2) is 12.1 Å². The van der Waals surface area contributed by atoms with Gasteiger partial charge in [0.2, 0.25) is 0 Å². The van der Waals surface area contributed by atoms with E-state index in [4.69, 9.17) is 0 Å². The molecule has 0 heterocycles. The van der Waals surface area contributed by atoms with Crippen LogP contribution in [-0.2, 0) is 22.4 Å². The fraction of sp³-hybridized carbons (Fsp3) is 0. The van der Waals surface area contributed by atoms with Gasteiger partial charge in [-0.2, -0.15) is 18.2 Å². The molecule has 0 amide bonds. The number of rotatable bonds is 0. The van der Waals surface area contributed by atoms with Crippen molar-refractivity contribution in [1.29, 1.82) is 0 Å². The van der Waals surface area contributed by atoms with Gasteiger partial charge in [0.1, 0.15) is 0 Å². The molecule has 1 radical (unpaired) electrons. The summed E-state index contributed by atoms with van der Waals surface area (Å²) in [7, 11) is 0. The van der Waals surface area contributed by atoms with E-state index in [1.165, 1.54) is 0 Å². The van der Waals surface area contributed by atoms with Crippen LogP contribution in [0.1, 0.15) is 0 Å². The Morgan fingerprint density at radius 3 is 1.08 bits per heavy atom. The summed E-state index contributed by atoms with van der Waals surface area (Å²) in [5, 5.41) is 0. The molecule has 0 N–H and O–H groups in total. The van der Waals surface area contributed by atoms with Crippen LogP contribution in [0.25, 0.3) is 0 Å². The van der Waals surface area contributed by atoms with Crippen LogP contribution < -0.4 is 0 Å². The molecular formula is C10H12Cl2Nb-6. The quantitative estimate of drug-likeness (QED) is 0.514. The third kappa shape index (κ3) is 12.0. The standard InChI is InChI=1S/2C5H5.2ClH.Nb/c2*1-2-4-5-3-1;;;/h2*1-5H;2*1H;/q-5;-1;;;. The van der Waals surface area contributed by atoms with Gasteiger partial charge in [0.15, 0.2) is 0 Å². The van der Waals surface area contributed by atoms with Crippen molar-refractivity contribution in [2.75, 3.05) is 0 Å². The molecule has 2 aromatic carbocycles. The van der Waals surface area contributed by atoms with Gasteiger partial charge >= 0.3 is 0 Å². The minimum Gasteiger partial charge on any atom is -0.748 e. The summed E-state index contributed by atoms with van der Waals surface area (Å²) in [6.07, 6.45) is 0. The van der Waals surface area contributed by atoms with Crippen LogP contribution in [-0.4, -0.2) is 0 Å². The fourth-order valence-corrected chi connectivity index (χ4v) is 0.642. The van der Waals surface area contributed by atoms with Crippen molar-refractivity contribution in [3.8, 4) is 0 Å². The van der Waals surface area contributed by atoms with Gasteiger partial charge in [0.25, 0.3) is 0 Å². The van der Waals surface area contributed by atoms with Crippen LogP contribution in [0, 0.1) is 0 Å². The molecular weight excluding hydrogens is 284 g/mol. The molecule has 2 aromatic rings. The molecule has 77 valence electrons. The topological polar surface area (TPSA) is 0 Å². The second-order valence-electron chi connectivity index (χ2n) is 1.92. The molecule has 0 fully saturated rings. The van der Waals surface area contributed by atoms with E-state index in [0.29, 0.717) is 0 Å². The molecule has 2 rings (SSSR count). The van der Waals surface area contributed by atoms with Crippen molar-refractivity contribution in [3.63, 3.8) is 0 Å². The predicted octanol–water partition coefficient (Wildman–Crippen LogP) is 3.65. The molecule has 0 unspecified atom stereocenters. The van der Waals surface area contributed by atoms with Gasteiger partial charge in [-0.1, -0.05) is 0 Å². The Bertz CT molecular complexity index is 152. The van der Waals surface area contributed by atoms with Crippen LogP contribution >= 0.6 is 24.8 Å². The minimum absolute atomic E-state index is 0. The van der Waals surface area contributed by atoms with Gasteiger partial charge in [0, 0.05) is 22.4 Å². The second kappa shape index (κ2) is 14.5. The van der Waals surface area contributed by atoms with Crippen molar-refractivity contribution in [3.05, 3.63) is 60.7 Å². The minimum atomic E-state index is 0. The van der Waals surface area contributed by atoms with Gasteiger partial charge in [-0.3, -0.25) is 0 Å². The van der Waals surface area contributed by atoms with Crippen molar-refractivity contribution in [2.45, 2.75) is 0 Å². The zero-order chi connectivity index (χ0) is 7.07. The van der Waals surface area contributed by atoms with Gasteiger partial charge in [0.05, 0.1) is 0 Å². The average Bonchev–Trinajstić information content (AvgIpc) is 2.67. The molecule has 0 atom stereocenters. The summed E-state index contributed by atoms with van der Waals surface area (Å²) >= 11 is 0. The van der Waals surface area contributed by atoms with Crippen molar-refractivity contribution >= 4 is 24.8 Å². The van der Waals surface area contributed by atoms with E-state index in [-0.39, 0.29) is 47.2 Å². The third-order valence-corrected chi connectivity index (χ3v) is 1.11. The van der Waals surface area contributed by atoms with E-state index in [1.54, 1.807) is 0 Å². The van der Waals surface area contributed by atoms with Gasteiger partial charge in [-0.15, -0.1) is 24.8 Å². The Morgan fingerprint density at radius 1 is 0.615 bits per heavy atom. The molecule has 3 heteroatoms. The molecule has 0 saturated heterocycles. The first-order valence-corrected chi connectivity index (χ1v) is 3.33. The van der Waals surface area contributed by atoms with E-state index >= 15 is 0 Å². The summed E-state index contributed by atoms with van der Waals surface area (Å²) in [5.74, 6) is 0. The van der Waals surface area contributed by atoms with E-state index in [0.717, 1.165) is 0 Å². The smallest absolute Gasteiger partial charge is 0 e. The van der Waals surface area contributed by atoms with Gasteiger partial charge in [-0.05, 0) is 0 Å². The maximum absolute atomic E-state index is 2.00. The monoisotopic (exact) mass is 295 g/mol. The first-order valence-electron chi connectivity index (χ1n) is 3.33. The van der Waals surface area contributed by atoms with Gasteiger partial charge < -0.3 is 30.3 Å². The molecule has 0 nitrogen and oxygen atoms in total.